The monoisotopic (exact) mass is 470 g/mol. The number of morpholine rings is 1. The zero-order valence-corrected chi connectivity index (χ0v) is 18.0. The number of imidazole rings is 1. The molecule has 34 heavy (non-hydrogen) atoms. The zero-order chi connectivity index (χ0) is 23.5. The van der Waals surface area contributed by atoms with Crippen molar-refractivity contribution >= 4 is 22.9 Å². The third kappa shape index (κ3) is 4.76. The van der Waals surface area contributed by atoms with E-state index in [0.717, 1.165) is 17.7 Å². The van der Waals surface area contributed by atoms with Crippen LogP contribution in [0, 0.1) is 0 Å². The lowest BCUT2D eigenvalue weighted by molar-refractivity contribution is -0.137. The Kier molecular flexibility index (Phi) is 5.97. The van der Waals surface area contributed by atoms with Crippen LogP contribution >= 0.6 is 0 Å². The highest BCUT2D eigenvalue weighted by Gasteiger charge is 2.32. The average Bonchev–Trinajstić information content (AvgIpc) is 3.33. The van der Waals surface area contributed by atoms with Gasteiger partial charge in [-0.15, -0.1) is 0 Å². The van der Waals surface area contributed by atoms with Crippen LogP contribution in [0.1, 0.15) is 11.1 Å². The molecule has 4 heterocycles. The summed E-state index contributed by atoms with van der Waals surface area (Å²) in [5, 5.41) is 3.17. The lowest BCUT2D eigenvalue weighted by Gasteiger charge is -2.27. The van der Waals surface area contributed by atoms with Gasteiger partial charge in [-0.25, -0.2) is 4.98 Å². The van der Waals surface area contributed by atoms with Gasteiger partial charge in [0.25, 0.3) is 0 Å². The van der Waals surface area contributed by atoms with Crippen molar-refractivity contribution in [1.82, 2.24) is 29.9 Å². The van der Waals surface area contributed by atoms with Crippen LogP contribution in [0.5, 0.6) is 0 Å². The fourth-order valence-corrected chi connectivity index (χ4v) is 3.72. The van der Waals surface area contributed by atoms with Crippen LogP contribution in [-0.2, 0) is 17.3 Å². The lowest BCUT2D eigenvalue weighted by Crippen LogP contribution is -2.37. The largest absolute Gasteiger partial charge is 0.416 e. The van der Waals surface area contributed by atoms with Gasteiger partial charge in [0.05, 0.1) is 36.1 Å². The minimum absolute atomic E-state index is 0.114. The number of fused-ring (bicyclic) bond motifs is 1. The number of anilines is 2. The second-order valence-corrected chi connectivity index (χ2v) is 7.74. The summed E-state index contributed by atoms with van der Waals surface area (Å²) in [6, 6.07) is 5.88. The average molecular weight is 470 g/mol. The molecule has 0 aliphatic carbocycles. The van der Waals surface area contributed by atoms with E-state index < -0.39 is 11.7 Å². The van der Waals surface area contributed by atoms with E-state index >= 15 is 0 Å². The molecule has 4 aromatic rings. The number of rotatable bonds is 6. The topological polar surface area (TPSA) is 105 Å². The predicted octanol–water partition coefficient (Wildman–Crippen LogP) is 3.32. The number of aromatic nitrogens is 6. The molecular formula is C22H21F3N8O. The fourth-order valence-electron chi connectivity index (χ4n) is 3.72. The van der Waals surface area contributed by atoms with Gasteiger partial charge in [-0.1, -0.05) is 6.07 Å². The molecule has 1 aliphatic heterocycles. The lowest BCUT2D eigenvalue weighted by atomic mass is 10.1. The maximum absolute atomic E-state index is 13.6. The second-order valence-electron chi connectivity index (χ2n) is 7.74. The number of pyridine rings is 1. The number of ether oxygens (including phenoxy) is 1. The van der Waals surface area contributed by atoms with E-state index in [4.69, 9.17) is 4.74 Å². The molecule has 1 fully saturated rings. The van der Waals surface area contributed by atoms with Gasteiger partial charge in [0.2, 0.25) is 11.9 Å². The minimum atomic E-state index is -4.53. The van der Waals surface area contributed by atoms with E-state index in [0.29, 0.717) is 50.7 Å². The summed E-state index contributed by atoms with van der Waals surface area (Å²) in [7, 11) is 0. The van der Waals surface area contributed by atoms with Crippen molar-refractivity contribution in [3.63, 3.8) is 0 Å². The molecule has 1 aromatic carbocycles. The highest BCUT2D eigenvalue weighted by atomic mass is 19.4. The van der Waals surface area contributed by atoms with Crippen LogP contribution in [0.15, 0.2) is 43.0 Å². The molecule has 1 saturated heterocycles. The molecule has 3 aromatic heterocycles. The van der Waals surface area contributed by atoms with Crippen molar-refractivity contribution in [2.45, 2.75) is 12.6 Å². The Morgan fingerprint density at radius 1 is 1.12 bits per heavy atom. The molecule has 0 spiro atoms. The molecule has 0 radical (unpaired) electrons. The second kappa shape index (κ2) is 9.21. The predicted molar refractivity (Wildman–Crippen MR) is 119 cm³/mol. The van der Waals surface area contributed by atoms with Crippen LogP contribution in [0.4, 0.5) is 25.1 Å². The first kappa shape index (κ1) is 22.0. The third-order valence-corrected chi connectivity index (χ3v) is 5.43. The van der Waals surface area contributed by atoms with E-state index in [-0.39, 0.29) is 22.9 Å². The van der Waals surface area contributed by atoms with Crippen molar-refractivity contribution in [2.75, 3.05) is 43.1 Å². The van der Waals surface area contributed by atoms with Gasteiger partial charge in [-0.3, -0.25) is 4.98 Å². The van der Waals surface area contributed by atoms with Gasteiger partial charge in [-0.05, 0) is 30.2 Å². The summed E-state index contributed by atoms with van der Waals surface area (Å²) < 4.78 is 46.1. The molecule has 12 heteroatoms. The summed E-state index contributed by atoms with van der Waals surface area (Å²) in [5.41, 5.74) is 1.02. The van der Waals surface area contributed by atoms with Gasteiger partial charge in [-0.2, -0.15) is 28.1 Å². The van der Waals surface area contributed by atoms with Crippen LogP contribution in [0.3, 0.4) is 0 Å². The van der Waals surface area contributed by atoms with Crippen molar-refractivity contribution in [2.24, 2.45) is 0 Å². The molecule has 1 aliphatic rings. The number of hydrogen-bond acceptors (Lipinski definition) is 8. The SMILES string of the molecule is FC(F)(F)c1cc(-c2nc(NCCc3cccnc3)nc(N3CCOCC3)n2)c2nc[nH]c2c1. The van der Waals surface area contributed by atoms with Crippen molar-refractivity contribution in [1.29, 1.82) is 0 Å². The fraction of sp³-hybridized carbons (Fsp3) is 0.318. The van der Waals surface area contributed by atoms with Gasteiger partial charge >= 0.3 is 6.18 Å². The quantitative estimate of drug-likeness (QED) is 0.442. The summed E-state index contributed by atoms with van der Waals surface area (Å²) in [6.45, 7) is 2.67. The highest BCUT2D eigenvalue weighted by molar-refractivity contribution is 5.90. The Bertz CT molecular complexity index is 1270. The minimum Gasteiger partial charge on any atom is -0.378 e. The number of aromatic amines is 1. The smallest absolute Gasteiger partial charge is 0.378 e. The molecule has 0 unspecified atom stereocenters. The summed E-state index contributed by atoms with van der Waals surface area (Å²) in [4.78, 5) is 26.5. The van der Waals surface area contributed by atoms with E-state index in [1.165, 1.54) is 6.33 Å². The standard InChI is InChI=1S/C22H21F3N8O/c23-22(24,25)15-10-16(18-17(11-15)28-13-29-18)19-30-20(27-5-3-14-2-1-4-26-12-14)32-21(31-19)33-6-8-34-9-7-33/h1-2,4,10-13H,3,5-9H2,(H,28,29)(H,27,30,31,32). The summed E-state index contributed by atoms with van der Waals surface area (Å²) in [6.07, 6.45) is 0.977. The number of nitrogens with zero attached hydrogens (tertiary/aromatic N) is 6. The van der Waals surface area contributed by atoms with E-state index in [1.54, 1.807) is 12.4 Å². The van der Waals surface area contributed by atoms with Crippen LogP contribution in [-0.4, -0.2) is 62.8 Å². The van der Waals surface area contributed by atoms with E-state index in [9.17, 15) is 13.2 Å². The molecule has 0 saturated carbocycles. The number of nitrogens with one attached hydrogen (secondary N) is 2. The maximum atomic E-state index is 13.6. The highest BCUT2D eigenvalue weighted by Crippen LogP contribution is 2.35. The van der Waals surface area contributed by atoms with E-state index in [1.807, 2.05) is 17.0 Å². The number of halogens is 3. The van der Waals surface area contributed by atoms with E-state index in [2.05, 4.69) is 35.2 Å². The molecule has 176 valence electrons. The van der Waals surface area contributed by atoms with Crippen molar-refractivity contribution < 1.29 is 17.9 Å². The molecule has 0 amide bonds. The van der Waals surface area contributed by atoms with Gasteiger partial charge in [0.1, 0.15) is 0 Å². The first-order valence-corrected chi connectivity index (χ1v) is 10.7. The third-order valence-electron chi connectivity index (χ3n) is 5.43. The Labute approximate surface area is 192 Å². The zero-order valence-electron chi connectivity index (χ0n) is 18.0. The Balaban J connectivity index is 1.53. The first-order valence-electron chi connectivity index (χ1n) is 10.7. The van der Waals surface area contributed by atoms with Gasteiger partial charge < -0.3 is 19.9 Å². The van der Waals surface area contributed by atoms with Crippen LogP contribution in [0.25, 0.3) is 22.4 Å². The van der Waals surface area contributed by atoms with Crippen LogP contribution < -0.4 is 10.2 Å². The number of benzene rings is 1. The summed E-state index contributed by atoms with van der Waals surface area (Å²) in [5.74, 6) is 0.762. The first-order chi connectivity index (χ1) is 16.5. The molecule has 0 bridgehead atoms. The van der Waals surface area contributed by atoms with Gasteiger partial charge in [0, 0.05) is 37.6 Å². The molecule has 2 N–H and O–H groups in total. The molecule has 9 nitrogen and oxygen atoms in total. The van der Waals surface area contributed by atoms with Crippen molar-refractivity contribution in [3.05, 3.63) is 54.1 Å². The Morgan fingerprint density at radius 2 is 1.97 bits per heavy atom. The normalized spacial score (nSPS) is 14.5. The Hall–Kier alpha value is -3.80. The Morgan fingerprint density at radius 3 is 2.74 bits per heavy atom. The van der Waals surface area contributed by atoms with Crippen molar-refractivity contribution in [3.8, 4) is 11.4 Å². The van der Waals surface area contributed by atoms with Gasteiger partial charge in [0.15, 0.2) is 5.82 Å². The number of H-pyrrole nitrogens is 1. The van der Waals surface area contributed by atoms with Crippen LogP contribution in [0.2, 0.25) is 0 Å². The molecular weight excluding hydrogens is 449 g/mol. The number of alkyl halides is 3. The summed E-state index contributed by atoms with van der Waals surface area (Å²) >= 11 is 0. The maximum Gasteiger partial charge on any atom is 0.416 e. The molecule has 5 rings (SSSR count). The number of hydrogen-bond donors (Lipinski definition) is 2. The molecule has 0 atom stereocenters.